The molecule has 4 heteroatoms. The summed E-state index contributed by atoms with van der Waals surface area (Å²) in [4.78, 5) is 12.0. The average Bonchev–Trinajstić information content (AvgIpc) is 2.48. The van der Waals surface area contributed by atoms with Crippen LogP contribution in [0.25, 0.3) is 0 Å². The van der Waals surface area contributed by atoms with Crippen molar-refractivity contribution < 1.29 is 13.6 Å². The maximum atomic E-state index is 13.6. The normalized spacial score (nSPS) is 11.3. The van der Waals surface area contributed by atoms with Gasteiger partial charge in [0.25, 0.3) is 5.91 Å². The molecule has 2 aromatic carbocycles. The van der Waals surface area contributed by atoms with Crippen molar-refractivity contribution in [3.05, 3.63) is 70.8 Å². The van der Waals surface area contributed by atoms with Crippen LogP contribution in [0.1, 0.15) is 35.3 Å². The molecular formula is C18H19F2NO. The Morgan fingerprint density at radius 3 is 2.50 bits per heavy atom. The number of rotatable bonds is 4. The first kappa shape index (κ1) is 16.1. The van der Waals surface area contributed by atoms with E-state index in [0.29, 0.717) is 6.54 Å². The van der Waals surface area contributed by atoms with Crippen molar-refractivity contribution in [1.29, 1.82) is 0 Å². The van der Waals surface area contributed by atoms with Gasteiger partial charge in [-0.15, -0.1) is 0 Å². The number of benzene rings is 2. The molecule has 0 heterocycles. The average molecular weight is 303 g/mol. The minimum absolute atomic E-state index is 0.278. The molecule has 0 unspecified atom stereocenters. The number of nitrogens with one attached hydrogen (secondary N) is 1. The summed E-state index contributed by atoms with van der Waals surface area (Å²) in [5, 5.41) is 2.68. The molecule has 0 spiro atoms. The van der Waals surface area contributed by atoms with Crippen molar-refractivity contribution in [2.75, 3.05) is 6.54 Å². The first-order chi connectivity index (χ1) is 10.3. The number of carbonyl (C=O) groups is 1. The summed E-state index contributed by atoms with van der Waals surface area (Å²) in [6.45, 7) is 6.31. The van der Waals surface area contributed by atoms with Crippen LogP contribution in [0, 0.1) is 18.6 Å². The fourth-order valence-electron chi connectivity index (χ4n) is 2.24. The molecule has 0 bridgehead atoms. The van der Waals surface area contributed by atoms with Crippen molar-refractivity contribution in [2.24, 2.45) is 0 Å². The minimum atomic E-state index is -1.12. The lowest BCUT2D eigenvalue weighted by molar-refractivity contribution is 0.0940. The van der Waals surface area contributed by atoms with Crippen LogP contribution in [0.15, 0.2) is 42.5 Å². The van der Waals surface area contributed by atoms with Crippen LogP contribution in [-0.2, 0) is 5.41 Å². The quantitative estimate of drug-likeness (QED) is 0.909. The highest BCUT2D eigenvalue weighted by atomic mass is 19.2. The molecule has 0 aliphatic rings. The molecule has 0 saturated carbocycles. The Morgan fingerprint density at radius 2 is 1.82 bits per heavy atom. The summed E-state index contributed by atoms with van der Waals surface area (Å²) in [5.74, 6) is -2.75. The van der Waals surface area contributed by atoms with Crippen molar-refractivity contribution in [2.45, 2.75) is 26.2 Å². The van der Waals surface area contributed by atoms with Crippen LogP contribution in [0.3, 0.4) is 0 Å². The van der Waals surface area contributed by atoms with Crippen LogP contribution >= 0.6 is 0 Å². The molecule has 0 aliphatic heterocycles. The van der Waals surface area contributed by atoms with E-state index in [-0.39, 0.29) is 11.0 Å². The van der Waals surface area contributed by atoms with Gasteiger partial charge in [-0.3, -0.25) is 4.79 Å². The number of aryl methyl sites for hydroxylation is 1. The molecule has 2 nitrogen and oxygen atoms in total. The van der Waals surface area contributed by atoms with Crippen LogP contribution in [0.2, 0.25) is 0 Å². The smallest absolute Gasteiger partial charge is 0.254 e. The highest BCUT2D eigenvalue weighted by Gasteiger charge is 2.23. The lowest BCUT2D eigenvalue weighted by Gasteiger charge is -2.26. The van der Waals surface area contributed by atoms with Gasteiger partial charge >= 0.3 is 0 Å². The number of amides is 1. The van der Waals surface area contributed by atoms with Gasteiger partial charge in [-0.05, 0) is 24.6 Å². The SMILES string of the molecule is Cc1cccc(C(C)(C)CNC(=O)c2cccc(F)c2F)c1. The zero-order valence-electron chi connectivity index (χ0n) is 12.9. The van der Waals surface area contributed by atoms with E-state index in [4.69, 9.17) is 0 Å². The summed E-state index contributed by atoms with van der Waals surface area (Å²) in [7, 11) is 0. The van der Waals surface area contributed by atoms with Gasteiger partial charge in [0.05, 0.1) is 5.56 Å². The van der Waals surface area contributed by atoms with Gasteiger partial charge < -0.3 is 5.32 Å². The van der Waals surface area contributed by atoms with Crippen LogP contribution in [0.4, 0.5) is 8.78 Å². The molecule has 1 amide bonds. The lowest BCUT2D eigenvalue weighted by Crippen LogP contribution is -2.37. The third-order valence-electron chi connectivity index (χ3n) is 3.69. The van der Waals surface area contributed by atoms with E-state index in [1.807, 2.05) is 39.0 Å². The number of halogens is 2. The lowest BCUT2D eigenvalue weighted by atomic mass is 9.84. The number of carbonyl (C=O) groups excluding carboxylic acids is 1. The topological polar surface area (TPSA) is 29.1 Å². The van der Waals surface area contributed by atoms with Crippen LogP contribution < -0.4 is 5.32 Å². The van der Waals surface area contributed by atoms with Gasteiger partial charge in [0.2, 0.25) is 0 Å². The minimum Gasteiger partial charge on any atom is -0.351 e. The van der Waals surface area contributed by atoms with E-state index < -0.39 is 17.5 Å². The van der Waals surface area contributed by atoms with Gasteiger partial charge in [-0.25, -0.2) is 8.78 Å². The maximum Gasteiger partial charge on any atom is 0.254 e. The monoisotopic (exact) mass is 303 g/mol. The van der Waals surface area contributed by atoms with Crippen molar-refractivity contribution in [3.63, 3.8) is 0 Å². The second-order valence-electron chi connectivity index (χ2n) is 6.04. The Bertz CT molecular complexity index is 695. The third kappa shape index (κ3) is 3.50. The summed E-state index contributed by atoms with van der Waals surface area (Å²) >= 11 is 0. The molecule has 1 N–H and O–H groups in total. The first-order valence-corrected chi connectivity index (χ1v) is 7.10. The fourth-order valence-corrected chi connectivity index (χ4v) is 2.24. The summed E-state index contributed by atoms with van der Waals surface area (Å²) < 4.78 is 26.8. The second-order valence-corrected chi connectivity index (χ2v) is 6.04. The predicted octanol–water partition coefficient (Wildman–Crippen LogP) is 3.98. The van der Waals surface area contributed by atoms with E-state index >= 15 is 0 Å². The summed E-state index contributed by atoms with van der Waals surface area (Å²) in [5.41, 5.74) is 1.62. The van der Waals surface area contributed by atoms with E-state index in [0.717, 1.165) is 17.2 Å². The summed E-state index contributed by atoms with van der Waals surface area (Å²) in [6, 6.07) is 11.6. The summed E-state index contributed by atoms with van der Waals surface area (Å²) in [6.07, 6.45) is 0. The molecule has 0 fully saturated rings. The van der Waals surface area contributed by atoms with Gasteiger partial charge in [-0.1, -0.05) is 49.7 Å². The Balaban J connectivity index is 2.11. The molecule has 116 valence electrons. The third-order valence-corrected chi connectivity index (χ3v) is 3.69. The Labute approximate surface area is 129 Å². The van der Waals surface area contributed by atoms with Crippen molar-refractivity contribution in [3.8, 4) is 0 Å². The molecule has 0 aliphatic carbocycles. The fraction of sp³-hybridized carbons (Fsp3) is 0.278. The second kappa shape index (κ2) is 6.26. The van der Waals surface area contributed by atoms with E-state index in [1.165, 1.54) is 12.1 Å². The Morgan fingerprint density at radius 1 is 1.14 bits per heavy atom. The highest BCUT2D eigenvalue weighted by Crippen LogP contribution is 2.23. The molecule has 2 aromatic rings. The van der Waals surface area contributed by atoms with Crippen molar-refractivity contribution >= 4 is 5.91 Å². The van der Waals surface area contributed by atoms with Crippen LogP contribution in [0.5, 0.6) is 0 Å². The first-order valence-electron chi connectivity index (χ1n) is 7.10. The van der Waals surface area contributed by atoms with Gasteiger partial charge in [-0.2, -0.15) is 0 Å². The number of hydrogen-bond acceptors (Lipinski definition) is 1. The molecule has 0 aromatic heterocycles. The zero-order chi connectivity index (χ0) is 16.3. The zero-order valence-corrected chi connectivity index (χ0v) is 12.9. The van der Waals surface area contributed by atoms with Gasteiger partial charge in [0.15, 0.2) is 11.6 Å². The standard InChI is InChI=1S/C18H19F2NO/c1-12-6-4-7-13(10-12)18(2,3)11-21-17(22)14-8-5-9-15(19)16(14)20/h4-10H,11H2,1-3H3,(H,21,22). The van der Waals surface area contributed by atoms with E-state index in [1.54, 1.807) is 0 Å². The van der Waals surface area contributed by atoms with Gasteiger partial charge in [0.1, 0.15) is 0 Å². The number of hydrogen-bond donors (Lipinski definition) is 1. The molecule has 0 radical (unpaired) electrons. The highest BCUT2D eigenvalue weighted by molar-refractivity contribution is 5.94. The van der Waals surface area contributed by atoms with Crippen LogP contribution in [-0.4, -0.2) is 12.5 Å². The molecule has 2 rings (SSSR count). The molecule has 0 saturated heterocycles. The Kier molecular flexibility index (Phi) is 4.59. The maximum absolute atomic E-state index is 13.6. The van der Waals surface area contributed by atoms with Gasteiger partial charge in [0, 0.05) is 12.0 Å². The van der Waals surface area contributed by atoms with E-state index in [2.05, 4.69) is 11.4 Å². The largest absolute Gasteiger partial charge is 0.351 e. The van der Waals surface area contributed by atoms with Crippen molar-refractivity contribution in [1.82, 2.24) is 5.32 Å². The Hall–Kier alpha value is -2.23. The molecule has 22 heavy (non-hydrogen) atoms. The predicted molar refractivity (Wildman–Crippen MR) is 82.9 cm³/mol. The molecular weight excluding hydrogens is 284 g/mol. The van der Waals surface area contributed by atoms with E-state index in [9.17, 15) is 13.6 Å². The molecule has 0 atom stereocenters.